The molecule has 0 rings (SSSR count). The van der Waals surface area contributed by atoms with Crippen molar-refractivity contribution >= 4 is 11.8 Å². The first kappa shape index (κ1) is 13.1. The van der Waals surface area contributed by atoms with E-state index >= 15 is 0 Å². The van der Waals surface area contributed by atoms with Crippen LogP contribution in [0.3, 0.4) is 0 Å². The molecule has 0 aliphatic rings. The lowest BCUT2D eigenvalue weighted by Gasteiger charge is -2.11. The Balaban J connectivity index is 3.31. The summed E-state index contributed by atoms with van der Waals surface area (Å²) in [6.07, 6.45) is 1.57. The topological polar surface area (TPSA) is 12.0 Å². The van der Waals surface area contributed by atoms with Crippen LogP contribution in [-0.2, 0) is 0 Å². The fourth-order valence-corrected chi connectivity index (χ4v) is 1.66. The minimum absolute atomic E-state index is 0.0749. The van der Waals surface area contributed by atoms with Crippen molar-refractivity contribution in [3.05, 3.63) is 0 Å². The highest BCUT2D eigenvalue weighted by atomic mass is 32.2. The van der Waals surface area contributed by atoms with Gasteiger partial charge in [0, 0.05) is 5.75 Å². The van der Waals surface area contributed by atoms with Gasteiger partial charge in [-0.1, -0.05) is 18.7 Å². The highest BCUT2D eigenvalue weighted by Crippen LogP contribution is 2.31. The number of hydrogen-bond donors (Lipinski definition) is 1. The summed E-state index contributed by atoms with van der Waals surface area (Å²) in [5, 5.41) is 2.98. The van der Waals surface area contributed by atoms with Gasteiger partial charge in [0.15, 0.2) is 0 Å². The van der Waals surface area contributed by atoms with Crippen molar-refractivity contribution in [2.75, 3.05) is 19.3 Å². The molecule has 0 aromatic carbocycles. The summed E-state index contributed by atoms with van der Waals surface area (Å²) >= 11 is 0.0749. The number of nitrogens with one attached hydrogen (secondary N) is 1. The quantitative estimate of drug-likeness (QED) is 0.731. The summed E-state index contributed by atoms with van der Waals surface area (Å²) in [5.74, 6) is 0.538. The average molecular weight is 215 g/mol. The number of rotatable bonds is 6. The third-order valence-electron chi connectivity index (χ3n) is 1.76. The molecule has 1 N–H and O–H groups in total. The number of alkyl halides is 3. The monoisotopic (exact) mass is 215 g/mol. The molecule has 5 heteroatoms. The van der Waals surface area contributed by atoms with E-state index in [2.05, 4.69) is 5.32 Å². The lowest BCUT2D eigenvalue weighted by Crippen LogP contribution is -2.12. The van der Waals surface area contributed by atoms with Crippen molar-refractivity contribution < 1.29 is 13.2 Å². The maximum atomic E-state index is 11.7. The van der Waals surface area contributed by atoms with E-state index in [1.807, 2.05) is 14.0 Å². The first-order valence-corrected chi connectivity index (χ1v) is 5.29. The van der Waals surface area contributed by atoms with Gasteiger partial charge in [-0.15, -0.1) is 0 Å². The molecule has 1 nitrogen and oxygen atoms in total. The minimum Gasteiger partial charge on any atom is -0.320 e. The lowest BCUT2D eigenvalue weighted by molar-refractivity contribution is -0.0328. The molecule has 0 aromatic heterocycles. The molecular weight excluding hydrogens is 199 g/mol. The Morgan fingerprint density at radius 1 is 1.31 bits per heavy atom. The molecule has 0 fully saturated rings. The highest BCUT2D eigenvalue weighted by Gasteiger charge is 2.27. The zero-order valence-electron chi connectivity index (χ0n) is 7.95. The van der Waals surface area contributed by atoms with E-state index in [-0.39, 0.29) is 17.5 Å². The molecule has 13 heavy (non-hydrogen) atoms. The Labute approximate surface area is 81.5 Å². The van der Waals surface area contributed by atoms with Crippen molar-refractivity contribution in [3.63, 3.8) is 0 Å². The van der Waals surface area contributed by atoms with Gasteiger partial charge in [-0.2, -0.15) is 13.2 Å². The summed E-state index contributed by atoms with van der Waals surface area (Å²) in [5.41, 5.74) is -4.07. The van der Waals surface area contributed by atoms with Crippen molar-refractivity contribution in [2.45, 2.75) is 25.3 Å². The second-order valence-electron chi connectivity index (χ2n) is 3.08. The zero-order valence-corrected chi connectivity index (χ0v) is 8.76. The Bertz CT molecular complexity index is 127. The van der Waals surface area contributed by atoms with Crippen LogP contribution in [-0.4, -0.2) is 24.9 Å². The van der Waals surface area contributed by atoms with Crippen LogP contribution in [0.25, 0.3) is 0 Å². The van der Waals surface area contributed by atoms with Gasteiger partial charge in [-0.3, -0.25) is 0 Å². The maximum absolute atomic E-state index is 11.7. The molecular formula is C8H16F3NS. The van der Waals surface area contributed by atoms with Gasteiger partial charge < -0.3 is 5.32 Å². The van der Waals surface area contributed by atoms with Crippen LogP contribution in [0.1, 0.15) is 19.8 Å². The van der Waals surface area contributed by atoms with Crippen LogP contribution < -0.4 is 5.32 Å². The second kappa shape index (κ2) is 6.54. The van der Waals surface area contributed by atoms with E-state index in [0.717, 1.165) is 13.0 Å². The zero-order chi connectivity index (χ0) is 10.3. The molecule has 0 bridgehead atoms. The van der Waals surface area contributed by atoms with Gasteiger partial charge in [0.25, 0.3) is 0 Å². The van der Waals surface area contributed by atoms with Gasteiger partial charge >= 0.3 is 5.51 Å². The first-order chi connectivity index (χ1) is 5.95. The molecule has 0 aromatic rings. The van der Waals surface area contributed by atoms with Crippen LogP contribution in [0.5, 0.6) is 0 Å². The smallest absolute Gasteiger partial charge is 0.320 e. The molecule has 0 aliphatic heterocycles. The Kier molecular flexibility index (Phi) is 6.59. The van der Waals surface area contributed by atoms with Crippen LogP contribution in [0.15, 0.2) is 0 Å². The van der Waals surface area contributed by atoms with E-state index in [0.29, 0.717) is 12.3 Å². The fourth-order valence-electron chi connectivity index (χ4n) is 0.911. The summed E-state index contributed by atoms with van der Waals surface area (Å²) in [7, 11) is 1.84. The third-order valence-corrected chi connectivity index (χ3v) is 2.53. The Morgan fingerprint density at radius 2 is 1.92 bits per heavy atom. The molecule has 0 heterocycles. The molecule has 1 unspecified atom stereocenters. The molecule has 0 saturated heterocycles. The summed E-state index contributed by atoms with van der Waals surface area (Å²) < 4.78 is 35.1. The van der Waals surface area contributed by atoms with Gasteiger partial charge in [0.05, 0.1) is 0 Å². The molecule has 1 atom stereocenters. The first-order valence-electron chi connectivity index (χ1n) is 4.31. The van der Waals surface area contributed by atoms with E-state index in [1.54, 1.807) is 0 Å². The van der Waals surface area contributed by atoms with Crippen LogP contribution in [0.2, 0.25) is 0 Å². The van der Waals surface area contributed by atoms with Crippen molar-refractivity contribution in [1.29, 1.82) is 0 Å². The van der Waals surface area contributed by atoms with Crippen molar-refractivity contribution in [1.82, 2.24) is 5.32 Å². The van der Waals surface area contributed by atoms with Crippen LogP contribution in [0.4, 0.5) is 13.2 Å². The highest BCUT2D eigenvalue weighted by molar-refractivity contribution is 8.00. The predicted molar refractivity (Wildman–Crippen MR) is 50.8 cm³/mol. The Hall–Kier alpha value is 0.100. The van der Waals surface area contributed by atoms with Gasteiger partial charge in [-0.25, -0.2) is 0 Å². The Morgan fingerprint density at radius 3 is 2.38 bits per heavy atom. The van der Waals surface area contributed by atoms with Crippen LogP contribution in [0, 0.1) is 5.92 Å². The van der Waals surface area contributed by atoms with E-state index < -0.39 is 5.51 Å². The van der Waals surface area contributed by atoms with Gasteiger partial charge in [-0.05, 0) is 32.4 Å². The SMILES string of the molecule is CNCCC(C)CCSC(F)(F)F. The summed E-state index contributed by atoms with van der Waals surface area (Å²) in [4.78, 5) is 0. The third kappa shape index (κ3) is 10.0. The molecule has 0 spiro atoms. The minimum atomic E-state index is -4.07. The number of halogens is 3. The normalized spacial score (nSPS) is 14.5. The van der Waals surface area contributed by atoms with Crippen LogP contribution >= 0.6 is 11.8 Å². The maximum Gasteiger partial charge on any atom is 0.441 e. The van der Waals surface area contributed by atoms with Gasteiger partial charge in [0.2, 0.25) is 0 Å². The molecule has 0 aliphatic carbocycles. The number of thioether (sulfide) groups is 1. The number of hydrogen-bond acceptors (Lipinski definition) is 2. The second-order valence-corrected chi connectivity index (χ2v) is 4.24. The predicted octanol–water partition coefficient (Wildman–Crippen LogP) is 2.88. The van der Waals surface area contributed by atoms with Crippen molar-refractivity contribution in [2.24, 2.45) is 5.92 Å². The summed E-state index contributed by atoms with van der Waals surface area (Å²) in [6, 6.07) is 0. The average Bonchev–Trinajstić information content (AvgIpc) is 1.98. The molecule has 0 saturated carbocycles. The molecule has 0 radical (unpaired) electrons. The van der Waals surface area contributed by atoms with Gasteiger partial charge in [0.1, 0.15) is 0 Å². The van der Waals surface area contributed by atoms with Crippen molar-refractivity contribution in [3.8, 4) is 0 Å². The lowest BCUT2D eigenvalue weighted by atomic mass is 10.1. The molecule has 80 valence electrons. The standard InChI is InChI=1S/C8H16F3NS/c1-7(3-5-12-2)4-6-13-8(9,10)11/h7,12H,3-6H2,1-2H3. The summed E-state index contributed by atoms with van der Waals surface area (Å²) in [6.45, 7) is 2.85. The largest absolute Gasteiger partial charge is 0.441 e. The van der Waals surface area contributed by atoms with E-state index in [9.17, 15) is 13.2 Å². The molecule has 0 amide bonds. The van der Waals surface area contributed by atoms with E-state index in [1.165, 1.54) is 0 Å². The van der Waals surface area contributed by atoms with E-state index in [4.69, 9.17) is 0 Å². The fraction of sp³-hybridized carbons (Fsp3) is 1.00.